The molecule has 0 aliphatic carbocycles. The molecule has 3 aromatic rings. The molecule has 35 heavy (non-hydrogen) atoms. The number of nitrogens with zero attached hydrogens (tertiary/aromatic N) is 1. The van der Waals surface area contributed by atoms with Crippen molar-refractivity contribution in [2.45, 2.75) is 43.0 Å². The summed E-state index contributed by atoms with van der Waals surface area (Å²) < 4.78 is 116. The first-order valence-electron chi connectivity index (χ1n) is 9.61. The normalized spacial score (nSPS) is 12.7. The Morgan fingerprint density at radius 2 is 1.57 bits per heavy atom. The van der Waals surface area contributed by atoms with Gasteiger partial charge in [-0.3, -0.25) is 9.78 Å². The summed E-state index contributed by atoms with van der Waals surface area (Å²) in [6.45, 7) is 4.45. The van der Waals surface area contributed by atoms with E-state index >= 15 is 0 Å². The van der Waals surface area contributed by atoms with E-state index in [0.29, 0.717) is 11.3 Å². The standard InChI is InChI=1S/C22H15F8NO3S/c1-10-11(2)31-17-9-16(23)18(8-15(17)19(10)33-12(3)32)34-13-4-6-14(7-5-13)35-22(29,30)20(24,25)21(26,27)28/h4-9H,1-3H3. The maximum Gasteiger partial charge on any atom is 0.460 e. The zero-order chi connectivity index (χ0) is 26.3. The highest BCUT2D eigenvalue weighted by atomic mass is 32.2. The zero-order valence-corrected chi connectivity index (χ0v) is 18.9. The number of aryl methyl sites for hydroxylation is 1. The molecule has 1 heterocycles. The third-order valence-corrected chi connectivity index (χ3v) is 5.75. The van der Waals surface area contributed by atoms with E-state index in [-0.39, 0.29) is 28.2 Å². The number of ether oxygens (including phenoxy) is 2. The van der Waals surface area contributed by atoms with Crippen molar-refractivity contribution in [3.05, 3.63) is 53.5 Å². The molecule has 1 aromatic heterocycles. The van der Waals surface area contributed by atoms with Gasteiger partial charge in [0.15, 0.2) is 11.6 Å². The van der Waals surface area contributed by atoms with Crippen LogP contribution in [0.1, 0.15) is 18.2 Å². The van der Waals surface area contributed by atoms with Crippen LogP contribution in [0.3, 0.4) is 0 Å². The lowest BCUT2D eigenvalue weighted by atomic mass is 10.1. The average molecular weight is 525 g/mol. The zero-order valence-electron chi connectivity index (χ0n) is 18.1. The van der Waals surface area contributed by atoms with Crippen molar-refractivity contribution in [1.82, 2.24) is 4.98 Å². The molecule has 0 saturated heterocycles. The van der Waals surface area contributed by atoms with Gasteiger partial charge >= 0.3 is 23.3 Å². The van der Waals surface area contributed by atoms with Crippen LogP contribution in [0.5, 0.6) is 17.2 Å². The molecule has 2 aromatic carbocycles. The van der Waals surface area contributed by atoms with Crippen LogP contribution < -0.4 is 9.47 Å². The van der Waals surface area contributed by atoms with E-state index in [1.165, 1.54) is 13.0 Å². The molecule has 0 N–H and O–H groups in total. The van der Waals surface area contributed by atoms with Crippen LogP contribution in [0.25, 0.3) is 10.9 Å². The van der Waals surface area contributed by atoms with Gasteiger partial charge < -0.3 is 9.47 Å². The number of carbonyl (C=O) groups is 1. The van der Waals surface area contributed by atoms with E-state index in [1.54, 1.807) is 13.8 Å². The molecule has 0 saturated carbocycles. The Hall–Kier alpha value is -3.09. The van der Waals surface area contributed by atoms with Crippen molar-refractivity contribution in [3.8, 4) is 17.2 Å². The molecule has 4 nitrogen and oxygen atoms in total. The molecule has 0 bridgehead atoms. The number of thioether (sulfide) groups is 1. The van der Waals surface area contributed by atoms with Crippen LogP contribution in [0.15, 0.2) is 41.3 Å². The third kappa shape index (κ3) is 5.29. The smallest absolute Gasteiger partial charge is 0.454 e. The Morgan fingerprint density at radius 1 is 0.971 bits per heavy atom. The molecule has 0 amide bonds. The van der Waals surface area contributed by atoms with Gasteiger partial charge in [-0.15, -0.1) is 0 Å². The van der Waals surface area contributed by atoms with Gasteiger partial charge in [-0.2, -0.15) is 30.7 Å². The molecule has 0 unspecified atom stereocenters. The van der Waals surface area contributed by atoms with Crippen molar-refractivity contribution < 1.29 is 49.4 Å². The molecule has 0 spiro atoms. The second-order valence-corrected chi connectivity index (χ2v) is 8.50. The van der Waals surface area contributed by atoms with Crippen molar-refractivity contribution in [2.75, 3.05) is 0 Å². The van der Waals surface area contributed by atoms with Gasteiger partial charge in [0.2, 0.25) is 0 Å². The lowest BCUT2D eigenvalue weighted by Gasteiger charge is -2.27. The topological polar surface area (TPSA) is 48.4 Å². The van der Waals surface area contributed by atoms with Crippen molar-refractivity contribution in [2.24, 2.45) is 0 Å². The fourth-order valence-electron chi connectivity index (χ4n) is 2.88. The van der Waals surface area contributed by atoms with Crippen LogP contribution in [-0.4, -0.2) is 28.3 Å². The average Bonchev–Trinajstić information content (AvgIpc) is 2.72. The predicted molar refractivity (Wildman–Crippen MR) is 111 cm³/mol. The summed E-state index contributed by atoms with van der Waals surface area (Å²) in [6, 6.07) is 5.83. The number of fused-ring (bicyclic) bond motifs is 1. The second kappa shape index (κ2) is 9.17. The predicted octanol–water partition coefficient (Wildman–Crippen LogP) is 7.59. The number of esters is 1. The summed E-state index contributed by atoms with van der Waals surface area (Å²) in [5, 5.41) is -5.24. The fraction of sp³-hybridized carbons (Fsp3) is 0.273. The molecule has 0 atom stereocenters. The molecule has 3 rings (SSSR count). The Bertz CT molecular complexity index is 1280. The van der Waals surface area contributed by atoms with Crippen LogP contribution >= 0.6 is 11.8 Å². The van der Waals surface area contributed by atoms with E-state index in [1.807, 2.05) is 0 Å². The minimum atomic E-state index is -6.45. The largest absolute Gasteiger partial charge is 0.460 e. The van der Waals surface area contributed by atoms with Gasteiger partial charge in [-0.1, -0.05) is 0 Å². The van der Waals surface area contributed by atoms with Crippen molar-refractivity contribution in [3.63, 3.8) is 0 Å². The minimum Gasteiger partial charge on any atom is -0.454 e. The number of alkyl halides is 7. The summed E-state index contributed by atoms with van der Waals surface area (Å²) >= 11 is -0.979. The van der Waals surface area contributed by atoms with Gasteiger partial charge in [-0.25, -0.2) is 4.39 Å². The lowest BCUT2D eigenvalue weighted by molar-refractivity contribution is -0.330. The first-order chi connectivity index (χ1) is 16.0. The maximum absolute atomic E-state index is 14.6. The number of rotatable bonds is 6. The third-order valence-electron chi connectivity index (χ3n) is 4.73. The Kier molecular flexibility index (Phi) is 6.95. The summed E-state index contributed by atoms with van der Waals surface area (Å²) in [7, 11) is 0. The fourth-order valence-corrected chi connectivity index (χ4v) is 3.69. The highest BCUT2D eigenvalue weighted by Crippen LogP contribution is 2.54. The molecule has 0 aliphatic heterocycles. The molecule has 0 radical (unpaired) electrons. The summed E-state index contributed by atoms with van der Waals surface area (Å²) in [5.41, 5.74) is 1.17. The Labute approximate surface area is 197 Å². The van der Waals surface area contributed by atoms with E-state index in [9.17, 15) is 39.9 Å². The van der Waals surface area contributed by atoms with E-state index in [0.717, 1.165) is 30.3 Å². The molecular formula is C22H15F8NO3S. The maximum atomic E-state index is 14.6. The minimum absolute atomic E-state index is 0.129. The van der Waals surface area contributed by atoms with Gasteiger partial charge in [0.1, 0.15) is 11.5 Å². The summed E-state index contributed by atoms with van der Waals surface area (Å²) in [4.78, 5) is 15.1. The number of benzene rings is 2. The number of hydrogen-bond acceptors (Lipinski definition) is 5. The number of aromatic nitrogens is 1. The molecule has 0 aliphatic rings. The van der Waals surface area contributed by atoms with E-state index in [4.69, 9.17) is 9.47 Å². The van der Waals surface area contributed by atoms with Crippen LogP contribution in [0.4, 0.5) is 35.1 Å². The van der Waals surface area contributed by atoms with Crippen molar-refractivity contribution in [1.29, 1.82) is 0 Å². The van der Waals surface area contributed by atoms with E-state index in [2.05, 4.69) is 4.98 Å². The summed E-state index contributed by atoms with van der Waals surface area (Å²) in [6.07, 6.45) is -6.45. The van der Waals surface area contributed by atoms with Crippen LogP contribution in [0, 0.1) is 19.7 Å². The Morgan fingerprint density at radius 3 is 2.11 bits per heavy atom. The quantitative estimate of drug-likeness (QED) is 0.189. The number of carbonyl (C=O) groups excluding carboxylic acids is 1. The van der Waals surface area contributed by atoms with Gasteiger partial charge in [0.05, 0.1) is 5.52 Å². The monoisotopic (exact) mass is 525 g/mol. The first-order valence-corrected chi connectivity index (χ1v) is 10.4. The molecule has 0 fully saturated rings. The van der Waals surface area contributed by atoms with Crippen LogP contribution in [0.2, 0.25) is 0 Å². The van der Waals surface area contributed by atoms with E-state index < -0.39 is 45.8 Å². The SMILES string of the molecule is CC(=O)Oc1c(C)c(C)nc2cc(F)c(Oc3ccc(SC(F)(F)C(F)(F)C(F)(F)F)cc3)cc12. The molecule has 188 valence electrons. The van der Waals surface area contributed by atoms with Crippen LogP contribution in [-0.2, 0) is 4.79 Å². The first kappa shape index (κ1) is 26.5. The molecular weight excluding hydrogens is 510 g/mol. The second-order valence-electron chi connectivity index (χ2n) is 7.31. The van der Waals surface area contributed by atoms with Gasteiger partial charge in [0.25, 0.3) is 0 Å². The highest BCUT2D eigenvalue weighted by molar-refractivity contribution is 8.00. The molecule has 13 heteroatoms. The number of pyridine rings is 1. The lowest BCUT2D eigenvalue weighted by Crippen LogP contribution is -2.49. The van der Waals surface area contributed by atoms with Gasteiger partial charge in [0, 0.05) is 34.5 Å². The highest BCUT2D eigenvalue weighted by Gasteiger charge is 2.73. The van der Waals surface area contributed by atoms with Crippen molar-refractivity contribution >= 4 is 28.6 Å². The summed E-state index contributed by atoms with van der Waals surface area (Å²) in [5.74, 6) is -8.15. The number of halogens is 8. The number of hydrogen-bond donors (Lipinski definition) is 0. The van der Waals surface area contributed by atoms with Gasteiger partial charge in [-0.05, 0) is 55.9 Å². The Balaban J connectivity index is 1.90.